The highest BCUT2D eigenvalue weighted by Crippen LogP contribution is 2.59. The molecule has 4 aliphatic rings. The minimum atomic E-state index is -0.457. The van der Waals surface area contributed by atoms with Crippen LogP contribution in [0.5, 0.6) is 0 Å². The van der Waals surface area contributed by atoms with Gasteiger partial charge in [0.2, 0.25) is 0 Å². The number of hydrogen-bond donors (Lipinski definition) is 2. The van der Waals surface area contributed by atoms with Gasteiger partial charge in [-0.2, -0.15) is 0 Å². The molecule has 2 N–H and O–H groups in total. The fraction of sp³-hybridized carbons (Fsp3) is 1.00. The van der Waals surface area contributed by atoms with Crippen molar-refractivity contribution in [3.8, 4) is 0 Å². The number of aliphatic hydroxyl groups is 2. The molecule has 2 heteroatoms. The molecule has 15 heavy (non-hydrogen) atoms. The zero-order valence-corrected chi connectivity index (χ0v) is 9.74. The van der Waals surface area contributed by atoms with E-state index in [9.17, 15) is 10.2 Å². The molecule has 4 rings (SSSR count). The molecule has 86 valence electrons. The molecule has 0 aliphatic heterocycles. The lowest BCUT2D eigenvalue weighted by atomic mass is 9.56. The third kappa shape index (κ3) is 1.18. The summed E-state index contributed by atoms with van der Waals surface area (Å²) in [5, 5.41) is 21.1. The molecule has 6 atom stereocenters. The van der Waals surface area contributed by atoms with E-state index in [1.165, 1.54) is 0 Å². The van der Waals surface area contributed by atoms with Crippen molar-refractivity contribution in [1.82, 2.24) is 0 Å². The number of rotatable bonds is 0. The van der Waals surface area contributed by atoms with Crippen LogP contribution >= 0.6 is 0 Å². The first-order valence-electron chi connectivity index (χ1n) is 6.37. The minimum Gasteiger partial charge on any atom is -0.390 e. The Morgan fingerprint density at radius 2 is 1.07 bits per heavy atom. The fourth-order valence-corrected chi connectivity index (χ4v) is 4.54. The van der Waals surface area contributed by atoms with Crippen LogP contribution in [0.3, 0.4) is 0 Å². The van der Waals surface area contributed by atoms with E-state index in [0.717, 1.165) is 32.1 Å². The molecule has 0 heterocycles. The molecule has 4 bridgehead atoms. The second kappa shape index (κ2) is 2.78. The Morgan fingerprint density at radius 1 is 0.733 bits per heavy atom. The van der Waals surface area contributed by atoms with Crippen molar-refractivity contribution < 1.29 is 10.2 Å². The standard InChI is InChI=1S/C13H22O2/c1-12(14)8-3-4-9-6-10(12)7-11(5-8)13(9,2)15/h8-11,14-15H,3-7H2,1-2H3/t8-,9-,10+,11+,12-,13-/m0/s1. The smallest absolute Gasteiger partial charge is 0.0676 e. The van der Waals surface area contributed by atoms with Gasteiger partial charge in [0.15, 0.2) is 0 Å². The third-order valence-corrected chi connectivity index (χ3v) is 5.88. The first-order valence-corrected chi connectivity index (χ1v) is 6.37. The van der Waals surface area contributed by atoms with Crippen LogP contribution in [0.15, 0.2) is 0 Å². The van der Waals surface area contributed by atoms with Crippen LogP contribution in [0, 0.1) is 23.7 Å². The Kier molecular flexibility index (Phi) is 1.87. The quantitative estimate of drug-likeness (QED) is 0.641. The van der Waals surface area contributed by atoms with E-state index >= 15 is 0 Å². The van der Waals surface area contributed by atoms with Gasteiger partial charge in [0.05, 0.1) is 11.2 Å². The van der Waals surface area contributed by atoms with Gasteiger partial charge >= 0.3 is 0 Å². The summed E-state index contributed by atoms with van der Waals surface area (Å²) < 4.78 is 0. The van der Waals surface area contributed by atoms with E-state index in [1.807, 2.05) is 13.8 Å². The molecule has 4 saturated carbocycles. The Morgan fingerprint density at radius 3 is 1.47 bits per heavy atom. The average Bonchev–Trinajstić information content (AvgIpc) is 2.30. The SMILES string of the molecule is C[C@@]1(O)[C@H]2C[C@H]3C[C@@H]1CC[C@@H](C2)[C@]3(C)O. The molecule has 0 aromatic rings. The summed E-state index contributed by atoms with van der Waals surface area (Å²) in [6.07, 6.45) is 5.33. The minimum absolute atomic E-state index is 0.431. The third-order valence-electron chi connectivity index (χ3n) is 5.88. The Hall–Kier alpha value is -0.0800. The fourth-order valence-electron chi connectivity index (χ4n) is 4.54. The predicted molar refractivity (Wildman–Crippen MR) is 58.3 cm³/mol. The van der Waals surface area contributed by atoms with Gasteiger partial charge < -0.3 is 10.2 Å². The van der Waals surface area contributed by atoms with Gasteiger partial charge in [-0.15, -0.1) is 0 Å². The first kappa shape index (κ1) is 10.1. The summed E-state index contributed by atoms with van der Waals surface area (Å²) in [7, 11) is 0. The second-order valence-corrected chi connectivity index (χ2v) is 6.52. The number of fused-ring (bicyclic) bond motifs is 1. The van der Waals surface area contributed by atoms with E-state index in [4.69, 9.17) is 0 Å². The molecular formula is C13H22O2. The zero-order valence-electron chi connectivity index (χ0n) is 9.74. The maximum atomic E-state index is 10.6. The van der Waals surface area contributed by atoms with Crippen molar-refractivity contribution in [1.29, 1.82) is 0 Å². The average molecular weight is 210 g/mol. The summed E-state index contributed by atoms with van der Waals surface area (Å²) in [5.74, 6) is 1.74. The van der Waals surface area contributed by atoms with Gasteiger partial charge in [0, 0.05) is 0 Å². The van der Waals surface area contributed by atoms with Crippen LogP contribution in [-0.4, -0.2) is 21.4 Å². The molecule has 0 radical (unpaired) electrons. The van der Waals surface area contributed by atoms with E-state index in [-0.39, 0.29) is 0 Å². The molecule has 0 spiro atoms. The van der Waals surface area contributed by atoms with Crippen molar-refractivity contribution in [2.24, 2.45) is 23.7 Å². The van der Waals surface area contributed by atoms with E-state index in [2.05, 4.69) is 0 Å². The van der Waals surface area contributed by atoms with E-state index < -0.39 is 11.2 Å². The topological polar surface area (TPSA) is 40.5 Å². The summed E-state index contributed by atoms with van der Waals surface area (Å²) in [5.41, 5.74) is -0.913. The normalized spacial score (nSPS) is 63.2. The maximum Gasteiger partial charge on any atom is 0.0676 e. The van der Waals surface area contributed by atoms with Crippen LogP contribution < -0.4 is 0 Å². The predicted octanol–water partition coefficient (Wildman–Crippen LogP) is 1.94. The van der Waals surface area contributed by atoms with Gasteiger partial charge in [-0.05, 0) is 69.6 Å². The monoisotopic (exact) mass is 210 g/mol. The Labute approximate surface area is 91.7 Å². The molecule has 2 nitrogen and oxygen atoms in total. The summed E-state index contributed by atoms with van der Waals surface area (Å²) in [6, 6.07) is 0. The highest BCUT2D eigenvalue weighted by Gasteiger charge is 2.58. The van der Waals surface area contributed by atoms with Crippen LogP contribution in [0.2, 0.25) is 0 Å². The maximum absolute atomic E-state index is 10.6. The lowest BCUT2D eigenvalue weighted by Gasteiger charge is -2.54. The van der Waals surface area contributed by atoms with Crippen LogP contribution in [0.1, 0.15) is 46.0 Å². The van der Waals surface area contributed by atoms with Crippen molar-refractivity contribution in [3.05, 3.63) is 0 Å². The van der Waals surface area contributed by atoms with Gasteiger partial charge in [-0.1, -0.05) is 0 Å². The Balaban J connectivity index is 2.01. The van der Waals surface area contributed by atoms with Crippen molar-refractivity contribution in [2.45, 2.75) is 57.2 Å². The van der Waals surface area contributed by atoms with E-state index in [0.29, 0.717) is 23.7 Å². The molecule has 4 fully saturated rings. The molecule has 0 amide bonds. The highest BCUT2D eigenvalue weighted by atomic mass is 16.3. The van der Waals surface area contributed by atoms with Crippen molar-refractivity contribution >= 4 is 0 Å². The summed E-state index contributed by atoms with van der Waals surface area (Å²) in [6.45, 7) is 4.06. The second-order valence-electron chi connectivity index (χ2n) is 6.52. The lowest BCUT2D eigenvalue weighted by molar-refractivity contribution is -0.168. The molecule has 0 aromatic carbocycles. The molecule has 4 aliphatic carbocycles. The van der Waals surface area contributed by atoms with Crippen molar-refractivity contribution in [2.75, 3.05) is 0 Å². The van der Waals surface area contributed by atoms with Gasteiger partial charge in [0.1, 0.15) is 0 Å². The van der Waals surface area contributed by atoms with Crippen LogP contribution in [0.25, 0.3) is 0 Å². The van der Waals surface area contributed by atoms with E-state index in [1.54, 1.807) is 0 Å². The Bertz CT molecular complexity index is 242. The zero-order chi connectivity index (χ0) is 10.8. The largest absolute Gasteiger partial charge is 0.390 e. The van der Waals surface area contributed by atoms with Crippen molar-refractivity contribution in [3.63, 3.8) is 0 Å². The van der Waals surface area contributed by atoms with Crippen LogP contribution in [-0.2, 0) is 0 Å². The van der Waals surface area contributed by atoms with Gasteiger partial charge in [-0.25, -0.2) is 0 Å². The summed E-state index contributed by atoms with van der Waals surface area (Å²) in [4.78, 5) is 0. The van der Waals surface area contributed by atoms with Crippen LogP contribution in [0.4, 0.5) is 0 Å². The molecule has 0 saturated heterocycles. The molecule has 0 aromatic heterocycles. The highest BCUT2D eigenvalue weighted by molar-refractivity contribution is 5.09. The lowest BCUT2D eigenvalue weighted by Crippen LogP contribution is -2.56. The summed E-state index contributed by atoms with van der Waals surface area (Å²) >= 11 is 0. The first-order chi connectivity index (χ1) is 6.92. The number of hydrogen-bond acceptors (Lipinski definition) is 2. The van der Waals surface area contributed by atoms with Gasteiger partial charge in [0.25, 0.3) is 0 Å². The van der Waals surface area contributed by atoms with Gasteiger partial charge in [-0.3, -0.25) is 0 Å². The molecule has 0 unspecified atom stereocenters. The molecular weight excluding hydrogens is 188 g/mol.